The van der Waals surface area contributed by atoms with Crippen LogP contribution in [0.2, 0.25) is 0 Å². The van der Waals surface area contributed by atoms with E-state index in [-0.39, 0.29) is 12.2 Å². The minimum absolute atomic E-state index is 0.0300. The van der Waals surface area contributed by atoms with Crippen LogP contribution in [0.3, 0.4) is 0 Å². The molecule has 1 aliphatic rings. The molecular weight excluding hydrogens is 272 g/mol. The van der Waals surface area contributed by atoms with Crippen LogP contribution in [0.15, 0.2) is 28.7 Å². The number of hydrogen-bond donors (Lipinski definition) is 1. The van der Waals surface area contributed by atoms with Gasteiger partial charge in [0.25, 0.3) is 0 Å². The lowest BCUT2D eigenvalue weighted by molar-refractivity contribution is -0.144. The number of aliphatic carboxylic acids is 1. The predicted octanol–water partition coefficient (Wildman–Crippen LogP) is 2.52. The molecule has 0 spiro atoms. The summed E-state index contributed by atoms with van der Waals surface area (Å²) in [5.74, 6) is -0.876. The molecule has 1 aliphatic carbocycles. The van der Waals surface area contributed by atoms with Crippen molar-refractivity contribution in [3.63, 3.8) is 0 Å². The van der Waals surface area contributed by atoms with Gasteiger partial charge in [-0.2, -0.15) is 0 Å². The Labute approximate surface area is 102 Å². The van der Waals surface area contributed by atoms with Gasteiger partial charge in [0, 0.05) is 17.3 Å². The molecule has 1 N–H and O–H groups in total. The fourth-order valence-corrected chi connectivity index (χ4v) is 2.60. The van der Waals surface area contributed by atoms with Crippen LogP contribution >= 0.6 is 15.9 Å². The maximum atomic E-state index is 11.4. The Morgan fingerprint density at radius 1 is 1.44 bits per heavy atom. The van der Waals surface area contributed by atoms with Crippen LogP contribution < -0.4 is 0 Å². The fourth-order valence-electron chi connectivity index (χ4n) is 2.20. The summed E-state index contributed by atoms with van der Waals surface area (Å²) in [5.41, 5.74) is -0.304. The number of ketones is 1. The van der Waals surface area contributed by atoms with Gasteiger partial charge >= 0.3 is 5.97 Å². The number of carboxylic acid groups (broad SMARTS) is 1. The molecule has 16 heavy (non-hydrogen) atoms. The molecule has 0 saturated heterocycles. The highest BCUT2D eigenvalue weighted by atomic mass is 79.9. The van der Waals surface area contributed by atoms with Crippen LogP contribution in [0.4, 0.5) is 0 Å². The van der Waals surface area contributed by atoms with Gasteiger partial charge in [-0.15, -0.1) is 0 Å². The van der Waals surface area contributed by atoms with Gasteiger partial charge in [-0.1, -0.05) is 28.1 Å². The normalized spacial score (nSPS) is 24.7. The van der Waals surface area contributed by atoms with Crippen molar-refractivity contribution < 1.29 is 14.7 Å². The first kappa shape index (κ1) is 11.3. The zero-order chi connectivity index (χ0) is 11.8. The maximum Gasteiger partial charge on any atom is 0.314 e. The second-order valence-electron chi connectivity index (χ2n) is 4.11. The van der Waals surface area contributed by atoms with Crippen LogP contribution in [-0.4, -0.2) is 16.9 Å². The molecule has 0 bridgehead atoms. The Kier molecular flexibility index (Phi) is 2.84. The van der Waals surface area contributed by atoms with Gasteiger partial charge in [0.05, 0.1) is 0 Å². The van der Waals surface area contributed by atoms with Crippen molar-refractivity contribution in [1.29, 1.82) is 0 Å². The number of carbonyl (C=O) groups excluding carboxylic acids is 1. The monoisotopic (exact) mass is 282 g/mol. The number of benzene rings is 1. The number of carbonyl (C=O) groups is 2. The van der Waals surface area contributed by atoms with Crippen molar-refractivity contribution >= 4 is 27.7 Å². The van der Waals surface area contributed by atoms with E-state index in [1.165, 1.54) is 0 Å². The van der Waals surface area contributed by atoms with E-state index in [0.29, 0.717) is 18.4 Å². The average Bonchev–Trinajstić information content (AvgIpc) is 2.62. The molecule has 1 fully saturated rings. The van der Waals surface area contributed by atoms with Gasteiger partial charge in [-0.05, 0) is 24.1 Å². The Bertz CT molecular complexity index is 455. The third-order valence-electron chi connectivity index (χ3n) is 3.12. The highest BCUT2D eigenvalue weighted by molar-refractivity contribution is 9.10. The van der Waals surface area contributed by atoms with Gasteiger partial charge in [-0.25, -0.2) is 0 Å². The Hall–Kier alpha value is -1.16. The van der Waals surface area contributed by atoms with Crippen LogP contribution in [0.25, 0.3) is 0 Å². The number of Topliss-reactive ketones (excluding diaryl/α,β-unsaturated/α-hetero) is 1. The quantitative estimate of drug-likeness (QED) is 0.907. The summed E-state index contributed by atoms with van der Waals surface area (Å²) < 4.78 is 0.838. The van der Waals surface area contributed by atoms with Crippen molar-refractivity contribution in [2.45, 2.75) is 24.7 Å². The maximum absolute atomic E-state index is 11.4. The summed E-state index contributed by atoms with van der Waals surface area (Å²) in [7, 11) is 0. The van der Waals surface area contributed by atoms with Crippen LogP contribution in [0, 0.1) is 0 Å². The van der Waals surface area contributed by atoms with Crippen LogP contribution in [0.5, 0.6) is 0 Å². The third-order valence-corrected chi connectivity index (χ3v) is 3.61. The van der Waals surface area contributed by atoms with E-state index in [1.54, 1.807) is 18.2 Å². The van der Waals surface area contributed by atoms with Crippen LogP contribution in [0.1, 0.15) is 24.8 Å². The lowest BCUT2D eigenvalue weighted by Gasteiger charge is -2.23. The average molecular weight is 283 g/mol. The van der Waals surface area contributed by atoms with Crippen molar-refractivity contribution in [3.05, 3.63) is 34.3 Å². The molecule has 4 heteroatoms. The second kappa shape index (κ2) is 4.01. The van der Waals surface area contributed by atoms with Crippen molar-refractivity contribution in [2.75, 3.05) is 0 Å². The zero-order valence-corrected chi connectivity index (χ0v) is 10.2. The molecule has 1 aromatic rings. The topological polar surface area (TPSA) is 54.4 Å². The highest BCUT2D eigenvalue weighted by Crippen LogP contribution is 2.40. The van der Waals surface area contributed by atoms with E-state index < -0.39 is 11.4 Å². The first-order chi connectivity index (χ1) is 7.54. The largest absolute Gasteiger partial charge is 0.481 e. The van der Waals surface area contributed by atoms with E-state index in [2.05, 4.69) is 15.9 Å². The molecule has 0 heterocycles. The molecule has 1 unspecified atom stereocenters. The van der Waals surface area contributed by atoms with Crippen molar-refractivity contribution in [1.82, 2.24) is 0 Å². The van der Waals surface area contributed by atoms with E-state index in [9.17, 15) is 14.7 Å². The van der Waals surface area contributed by atoms with Gasteiger partial charge < -0.3 is 5.11 Å². The molecular formula is C12H11BrO3. The summed E-state index contributed by atoms with van der Waals surface area (Å²) in [6.07, 6.45) is 0.870. The smallest absolute Gasteiger partial charge is 0.314 e. The molecule has 0 aromatic heterocycles. The summed E-state index contributed by atoms with van der Waals surface area (Å²) in [5, 5.41) is 9.36. The van der Waals surface area contributed by atoms with Gasteiger partial charge in [-0.3, -0.25) is 9.59 Å². The van der Waals surface area contributed by atoms with Crippen molar-refractivity contribution in [3.8, 4) is 0 Å². The third kappa shape index (κ3) is 1.78. The standard InChI is InChI=1S/C12H11BrO3/c13-9-3-1-2-8(6-9)12(11(15)16)5-4-10(14)7-12/h1-3,6H,4-5,7H2,(H,15,16). The number of halogens is 1. The number of hydrogen-bond acceptors (Lipinski definition) is 2. The van der Waals surface area contributed by atoms with E-state index in [0.717, 1.165) is 4.47 Å². The molecule has 1 saturated carbocycles. The Morgan fingerprint density at radius 3 is 2.69 bits per heavy atom. The fraction of sp³-hybridized carbons (Fsp3) is 0.333. The van der Waals surface area contributed by atoms with Gasteiger partial charge in [0.15, 0.2) is 0 Å². The van der Waals surface area contributed by atoms with Gasteiger partial charge in [0.2, 0.25) is 0 Å². The second-order valence-corrected chi connectivity index (χ2v) is 5.03. The minimum Gasteiger partial charge on any atom is -0.481 e. The predicted molar refractivity (Wildman–Crippen MR) is 62.3 cm³/mol. The first-order valence-corrected chi connectivity index (χ1v) is 5.85. The minimum atomic E-state index is -1.01. The Morgan fingerprint density at radius 2 is 2.19 bits per heavy atom. The molecule has 84 valence electrons. The summed E-state index contributed by atoms with van der Waals surface area (Å²) in [6, 6.07) is 7.20. The summed E-state index contributed by atoms with van der Waals surface area (Å²) in [6.45, 7) is 0. The van der Waals surface area contributed by atoms with E-state index in [1.807, 2.05) is 6.07 Å². The Balaban J connectivity index is 2.48. The molecule has 0 aliphatic heterocycles. The number of rotatable bonds is 2. The molecule has 3 nitrogen and oxygen atoms in total. The number of carboxylic acids is 1. The summed E-state index contributed by atoms with van der Waals surface area (Å²) >= 11 is 3.32. The lowest BCUT2D eigenvalue weighted by atomic mass is 9.79. The molecule has 0 amide bonds. The lowest BCUT2D eigenvalue weighted by Crippen LogP contribution is -2.33. The highest BCUT2D eigenvalue weighted by Gasteiger charge is 2.46. The molecule has 2 rings (SSSR count). The molecule has 0 radical (unpaired) electrons. The van der Waals surface area contributed by atoms with E-state index in [4.69, 9.17) is 0 Å². The van der Waals surface area contributed by atoms with E-state index >= 15 is 0 Å². The van der Waals surface area contributed by atoms with Crippen LogP contribution in [-0.2, 0) is 15.0 Å². The molecule has 1 atom stereocenters. The molecule has 1 aromatic carbocycles. The van der Waals surface area contributed by atoms with Gasteiger partial charge in [0.1, 0.15) is 11.2 Å². The first-order valence-electron chi connectivity index (χ1n) is 5.06. The zero-order valence-electron chi connectivity index (χ0n) is 8.57. The SMILES string of the molecule is O=C1CCC(C(=O)O)(c2cccc(Br)c2)C1. The van der Waals surface area contributed by atoms with Crippen molar-refractivity contribution in [2.24, 2.45) is 0 Å². The summed E-state index contributed by atoms with van der Waals surface area (Å²) in [4.78, 5) is 22.8.